The van der Waals surface area contributed by atoms with Gasteiger partial charge in [0.05, 0.1) is 6.26 Å². The number of hydrogen-bond donors (Lipinski definition) is 3. The van der Waals surface area contributed by atoms with Gasteiger partial charge in [-0.25, -0.2) is 4.79 Å². The molecule has 1 aliphatic rings. The predicted molar refractivity (Wildman–Crippen MR) is 80.9 cm³/mol. The first kappa shape index (κ1) is 15.9. The van der Waals surface area contributed by atoms with Crippen LogP contribution in [-0.4, -0.2) is 23.7 Å². The number of urea groups is 1. The van der Waals surface area contributed by atoms with Crippen molar-refractivity contribution in [1.29, 1.82) is 0 Å². The van der Waals surface area contributed by atoms with Gasteiger partial charge in [-0.15, -0.1) is 0 Å². The standard InChI is InChI=1S/C16H26N2O3/c1-3-6-16(7-8-16)11-17-15(20)18-12(2)10-13(19)14-5-4-9-21-14/h4-5,9,12-13,19H,3,6-8,10-11H2,1-2H3,(H2,17,18,20). The summed E-state index contributed by atoms with van der Waals surface area (Å²) in [5.41, 5.74) is 0.350. The van der Waals surface area contributed by atoms with E-state index in [4.69, 9.17) is 4.42 Å². The summed E-state index contributed by atoms with van der Waals surface area (Å²) in [5.74, 6) is 0.531. The van der Waals surface area contributed by atoms with E-state index < -0.39 is 6.10 Å². The number of nitrogens with one attached hydrogen (secondary N) is 2. The van der Waals surface area contributed by atoms with Crippen LogP contribution in [0.4, 0.5) is 4.79 Å². The zero-order valence-corrected chi connectivity index (χ0v) is 12.9. The number of hydrogen-bond acceptors (Lipinski definition) is 3. The summed E-state index contributed by atoms with van der Waals surface area (Å²) < 4.78 is 5.15. The molecule has 21 heavy (non-hydrogen) atoms. The van der Waals surface area contributed by atoms with Gasteiger partial charge >= 0.3 is 6.03 Å². The van der Waals surface area contributed by atoms with Crippen molar-refractivity contribution < 1.29 is 14.3 Å². The summed E-state index contributed by atoms with van der Waals surface area (Å²) >= 11 is 0. The maximum absolute atomic E-state index is 11.9. The Labute approximate surface area is 126 Å². The van der Waals surface area contributed by atoms with Crippen LogP contribution < -0.4 is 10.6 Å². The molecule has 0 bridgehead atoms. The topological polar surface area (TPSA) is 74.5 Å². The number of aliphatic hydroxyl groups is 1. The lowest BCUT2D eigenvalue weighted by molar-refractivity contribution is 0.129. The van der Waals surface area contributed by atoms with Crippen LogP contribution in [0.15, 0.2) is 22.8 Å². The van der Waals surface area contributed by atoms with E-state index in [1.165, 1.54) is 25.5 Å². The molecule has 2 atom stereocenters. The molecular formula is C16H26N2O3. The fourth-order valence-corrected chi connectivity index (χ4v) is 2.76. The first-order chi connectivity index (χ1) is 10.0. The Morgan fingerprint density at radius 3 is 2.86 bits per heavy atom. The normalized spacial score (nSPS) is 18.8. The van der Waals surface area contributed by atoms with Crippen LogP contribution in [0.1, 0.15) is 57.8 Å². The highest BCUT2D eigenvalue weighted by Crippen LogP contribution is 2.48. The van der Waals surface area contributed by atoms with E-state index in [2.05, 4.69) is 17.6 Å². The first-order valence-electron chi connectivity index (χ1n) is 7.80. The lowest BCUT2D eigenvalue weighted by Crippen LogP contribution is -2.43. The molecule has 1 fully saturated rings. The van der Waals surface area contributed by atoms with Gasteiger partial charge in [-0.3, -0.25) is 0 Å². The zero-order valence-electron chi connectivity index (χ0n) is 12.9. The molecule has 1 aromatic rings. The lowest BCUT2D eigenvalue weighted by Gasteiger charge is -2.19. The van der Waals surface area contributed by atoms with E-state index in [1.54, 1.807) is 12.1 Å². The molecule has 1 heterocycles. The van der Waals surface area contributed by atoms with Crippen LogP contribution in [0.25, 0.3) is 0 Å². The molecule has 2 unspecified atom stereocenters. The van der Waals surface area contributed by atoms with E-state index in [0.717, 1.165) is 13.0 Å². The van der Waals surface area contributed by atoms with Gasteiger partial charge in [-0.05, 0) is 43.7 Å². The minimum atomic E-state index is -0.690. The average molecular weight is 294 g/mol. The molecule has 5 heteroatoms. The molecule has 0 radical (unpaired) electrons. The Hall–Kier alpha value is -1.49. The van der Waals surface area contributed by atoms with Gasteiger partial charge in [-0.1, -0.05) is 13.3 Å². The predicted octanol–water partition coefficient (Wildman–Crippen LogP) is 2.97. The van der Waals surface area contributed by atoms with E-state index in [9.17, 15) is 9.90 Å². The molecule has 0 aromatic carbocycles. The van der Waals surface area contributed by atoms with Gasteiger partial charge in [0.1, 0.15) is 11.9 Å². The van der Waals surface area contributed by atoms with E-state index in [-0.39, 0.29) is 12.1 Å². The lowest BCUT2D eigenvalue weighted by atomic mass is 10.0. The van der Waals surface area contributed by atoms with Gasteiger partial charge in [0, 0.05) is 19.0 Å². The second-order valence-electron chi connectivity index (χ2n) is 6.24. The maximum Gasteiger partial charge on any atom is 0.315 e. The number of carbonyl (C=O) groups excluding carboxylic acids is 1. The Morgan fingerprint density at radius 1 is 1.52 bits per heavy atom. The quantitative estimate of drug-likeness (QED) is 0.690. The molecule has 1 aromatic heterocycles. The zero-order chi connectivity index (χ0) is 15.3. The highest BCUT2D eigenvalue weighted by atomic mass is 16.4. The molecule has 1 aliphatic carbocycles. The number of aliphatic hydroxyl groups excluding tert-OH is 1. The van der Waals surface area contributed by atoms with Crippen LogP contribution in [0.2, 0.25) is 0 Å². The fourth-order valence-electron chi connectivity index (χ4n) is 2.76. The van der Waals surface area contributed by atoms with Crippen molar-refractivity contribution in [2.45, 2.75) is 58.1 Å². The molecule has 1 saturated carbocycles. The average Bonchev–Trinajstić information content (AvgIpc) is 2.99. The van der Waals surface area contributed by atoms with Crippen LogP contribution in [0.5, 0.6) is 0 Å². The fraction of sp³-hybridized carbons (Fsp3) is 0.688. The van der Waals surface area contributed by atoms with Gasteiger partial charge in [0.15, 0.2) is 0 Å². The monoisotopic (exact) mass is 294 g/mol. The van der Waals surface area contributed by atoms with Crippen molar-refractivity contribution in [3.05, 3.63) is 24.2 Å². The number of furan rings is 1. The molecule has 118 valence electrons. The SMILES string of the molecule is CCCC1(CNC(=O)NC(C)CC(O)c2ccco2)CC1. The van der Waals surface area contributed by atoms with E-state index >= 15 is 0 Å². The van der Waals surface area contributed by atoms with Crippen LogP contribution in [0.3, 0.4) is 0 Å². The third kappa shape index (κ3) is 4.77. The van der Waals surface area contributed by atoms with Crippen molar-refractivity contribution in [1.82, 2.24) is 10.6 Å². The van der Waals surface area contributed by atoms with Gasteiger partial charge in [-0.2, -0.15) is 0 Å². The minimum Gasteiger partial charge on any atom is -0.467 e. The van der Waals surface area contributed by atoms with Crippen molar-refractivity contribution in [3.63, 3.8) is 0 Å². The Balaban J connectivity index is 1.67. The summed E-state index contributed by atoms with van der Waals surface area (Å²) in [6.45, 7) is 4.81. The molecule has 0 saturated heterocycles. The van der Waals surface area contributed by atoms with E-state index in [1.807, 2.05) is 6.92 Å². The molecule has 2 rings (SSSR count). The van der Waals surface area contributed by atoms with Crippen molar-refractivity contribution >= 4 is 6.03 Å². The van der Waals surface area contributed by atoms with Gasteiger partial charge in [0.2, 0.25) is 0 Å². The third-order valence-electron chi connectivity index (χ3n) is 4.19. The Kier molecular flexibility index (Phi) is 5.28. The molecule has 3 N–H and O–H groups in total. The summed E-state index contributed by atoms with van der Waals surface area (Å²) in [5, 5.41) is 15.8. The highest BCUT2D eigenvalue weighted by molar-refractivity contribution is 5.74. The van der Waals surface area contributed by atoms with Gasteiger partial charge in [0.25, 0.3) is 0 Å². The summed E-state index contributed by atoms with van der Waals surface area (Å²) in [7, 11) is 0. The van der Waals surface area contributed by atoms with Crippen molar-refractivity contribution in [2.75, 3.05) is 6.54 Å². The summed E-state index contributed by atoms with van der Waals surface area (Å²) in [6.07, 6.45) is 6.05. The van der Waals surface area contributed by atoms with Crippen LogP contribution >= 0.6 is 0 Å². The van der Waals surface area contributed by atoms with Crippen molar-refractivity contribution in [2.24, 2.45) is 5.41 Å². The van der Waals surface area contributed by atoms with Gasteiger partial charge < -0.3 is 20.2 Å². The smallest absolute Gasteiger partial charge is 0.315 e. The Bertz CT molecular complexity index is 440. The number of rotatable bonds is 8. The second kappa shape index (κ2) is 6.98. The summed E-state index contributed by atoms with van der Waals surface area (Å²) in [6, 6.07) is 3.20. The highest BCUT2D eigenvalue weighted by Gasteiger charge is 2.41. The molecule has 0 aliphatic heterocycles. The summed E-state index contributed by atoms with van der Waals surface area (Å²) in [4.78, 5) is 11.9. The minimum absolute atomic E-state index is 0.119. The second-order valence-corrected chi connectivity index (χ2v) is 6.24. The number of amides is 2. The largest absolute Gasteiger partial charge is 0.467 e. The molecular weight excluding hydrogens is 268 g/mol. The molecule has 2 amide bonds. The third-order valence-corrected chi connectivity index (χ3v) is 4.19. The van der Waals surface area contributed by atoms with Crippen LogP contribution in [0, 0.1) is 5.41 Å². The molecule has 0 spiro atoms. The van der Waals surface area contributed by atoms with E-state index in [0.29, 0.717) is 17.6 Å². The number of carbonyl (C=O) groups is 1. The first-order valence-corrected chi connectivity index (χ1v) is 7.80. The molecule has 5 nitrogen and oxygen atoms in total. The van der Waals surface area contributed by atoms with Crippen molar-refractivity contribution in [3.8, 4) is 0 Å². The van der Waals surface area contributed by atoms with Crippen LogP contribution in [-0.2, 0) is 0 Å². The maximum atomic E-state index is 11.9. The Morgan fingerprint density at radius 2 is 2.29 bits per heavy atom.